The Hall–Kier alpha value is -1.91. The summed E-state index contributed by atoms with van der Waals surface area (Å²) in [7, 11) is 0. The van der Waals surface area contributed by atoms with Gasteiger partial charge in [-0.15, -0.1) is 0 Å². The number of amides is 1. The third-order valence-corrected chi connectivity index (χ3v) is 3.62. The van der Waals surface area contributed by atoms with Crippen LogP contribution in [0.1, 0.15) is 38.2 Å². The highest BCUT2D eigenvalue weighted by Crippen LogP contribution is 2.29. The van der Waals surface area contributed by atoms with Gasteiger partial charge < -0.3 is 10.0 Å². The Morgan fingerprint density at radius 3 is 2.43 bits per heavy atom. The second-order valence-corrected chi connectivity index (χ2v) is 5.79. The minimum atomic E-state index is -0.883. The lowest BCUT2D eigenvalue weighted by Gasteiger charge is -2.24. The van der Waals surface area contributed by atoms with Crippen molar-refractivity contribution in [3.63, 3.8) is 0 Å². The molecule has 0 radical (unpaired) electrons. The number of carboxylic acids is 1. The van der Waals surface area contributed by atoms with Crippen LogP contribution in [0.4, 0.5) is 4.39 Å². The highest BCUT2D eigenvalue weighted by atomic mass is 19.1. The van der Waals surface area contributed by atoms with Crippen LogP contribution in [0.3, 0.4) is 0 Å². The third-order valence-electron chi connectivity index (χ3n) is 3.62. The van der Waals surface area contributed by atoms with E-state index in [2.05, 4.69) is 0 Å². The quantitative estimate of drug-likeness (QED) is 0.841. The van der Waals surface area contributed by atoms with Crippen LogP contribution in [0.25, 0.3) is 0 Å². The molecule has 1 aromatic carbocycles. The molecule has 2 rings (SSSR count). The number of benzene rings is 1. The molecule has 1 unspecified atom stereocenters. The number of rotatable bonds is 7. The Morgan fingerprint density at radius 1 is 1.29 bits per heavy atom. The van der Waals surface area contributed by atoms with Crippen molar-refractivity contribution in [1.29, 1.82) is 0 Å². The van der Waals surface area contributed by atoms with Crippen molar-refractivity contribution in [3.05, 3.63) is 35.6 Å². The van der Waals surface area contributed by atoms with E-state index in [9.17, 15) is 14.0 Å². The summed E-state index contributed by atoms with van der Waals surface area (Å²) in [5.41, 5.74) is 0.891. The van der Waals surface area contributed by atoms with E-state index in [4.69, 9.17) is 5.11 Å². The van der Waals surface area contributed by atoms with Crippen molar-refractivity contribution < 1.29 is 19.1 Å². The maximum absolute atomic E-state index is 12.9. The average molecular weight is 293 g/mol. The molecule has 1 saturated carbocycles. The molecule has 114 valence electrons. The molecule has 0 aliphatic heterocycles. The van der Waals surface area contributed by atoms with Gasteiger partial charge in [-0.1, -0.05) is 19.1 Å². The zero-order valence-corrected chi connectivity index (χ0v) is 12.1. The van der Waals surface area contributed by atoms with E-state index in [-0.39, 0.29) is 36.5 Å². The first-order valence-corrected chi connectivity index (χ1v) is 7.21. The average Bonchev–Trinajstić information content (AvgIpc) is 3.21. The molecule has 0 spiro atoms. The predicted molar refractivity (Wildman–Crippen MR) is 76.0 cm³/mol. The zero-order valence-electron chi connectivity index (χ0n) is 12.1. The summed E-state index contributed by atoms with van der Waals surface area (Å²) in [6.45, 7) is 2.23. The number of carbonyl (C=O) groups excluding carboxylic acids is 1. The van der Waals surface area contributed by atoms with E-state index in [1.165, 1.54) is 12.1 Å². The number of halogens is 1. The summed E-state index contributed by atoms with van der Waals surface area (Å²) in [4.78, 5) is 24.8. The van der Waals surface area contributed by atoms with Gasteiger partial charge >= 0.3 is 5.97 Å². The Balaban J connectivity index is 1.96. The third kappa shape index (κ3) is 4.85. The van der Waals surface area contributed by atoms with E-state index in [0.29, 0.717) is 6.54 Å². The summed E-state index contributed by atoms with van der Waals surface area (Å²) in [5.74, 6) is -1.37. The molecule has 1 aliphatic carbocycles. The fourth-order valence-electron chi connectivity index (χ4n) is 2.38. The van der Waals surface area contributed by atoms with Crippen molar-refractivity contribution in [2.24, 2.45) is 5.92 Å². The van der Waals surface area contributed by atoms with Gasteiger partial charge in [0.05, 0.1) is 0 Å². The number of nitrogens with zero attached hydrogens (tertiary/aromatic N) is 1. The lowest BCUT2D eigenvalue weighted by Crippen LogP contribution is -2.33. The largest absolute Gasteiger partial charge is 0.481 e. The topological polar surface area (TPSA) is 57.6 Å². The SMILES string of the molecule is CC(CC(=O)O)CC(=O)N(Cc1ccc(F)cc1)C1CC1. The van der Waals surface area contributed by atoms with Crippen LogP contribution in [0.2, 0.25) is 0 Å². The minimum absolute atomic E-state index is 0.000789. The summed E-state index contributed by atoms with van der Waals surface area (Å²) in [6, 6.07) is 6.38. The standard InChI is InChI=1S/C16H20FNO3/c1-11(9-16(20)21)8-15(19)18(14-6-7-14)10-12-2-4-13(17)5-3-12/h2-5,11,14H,6-10H2,1H3,(H,20,21). The second kappa shape index (κ2) is 6.70. The van der Waals surface area contributed by atoms with Gasteiger partial charge in [0.2, 0.25) is 5.91 Å². The molecule has 1 amide bonds. The molecule has 1 N–H and O–H groups in total. The van der Waals surface area contributed by atoms with Crippen molar-refractivity contribution in [1.82, 2.24) is 4.90 Å². The summed E-state index contributed by atoms with van der Waals surface area (Å²) >= 11 is 0. The lowest BCUT2D eigenvalue weighted by molar-refractivity contribution is -0.138. The Bertz CT molecular complexity index is 511. The molecule has 1 atom stereocenters. The zero-order chi connectivity index (χ0) is 15.4. The van der Waals surface area contributed by atoms with Crippen LogP contribution in [-0.4, -0.2) is 27.9 Å². The van der Waals surface area contributed by atoms with Crippen LogP contribution in [0, 0.1) is 11.7 Å². The molecule has 0 saturated heterocycles. The van der Waals surface area contributed by atoms with Crippen molar-refractivity contribution in [2.45, 2.75) is 45.2 Å². The molecule has 1 aromatic rings. The lowest BCUT2D eigenvalue weighted by atomic mass is 10.0. The molecule has 0 bridgehead atoms. The van der Waals surface area contributed by atoms with Crippen molar-refractivity contribution in [3.8, 4) is 0 Å². The van der Waals surface area contributed by atoms with Gasteiger partial charge in [-0.2, -0.15) is 0 Å². The van der Waals surface area contributed by atoms with Gasteiger partial charge in [0.1, 0.15) is 5.82 Å². The maximum atomic E-state index is 12.9. The van der Waals surface area contributed by atoms with Crippen molar-refractivity contribution >= 4 is 11.9 Å². The van der Waals surface area contributed by atoms with E-state index in [0.717, 1.165) is 18.4 Å². The Labute approximate surface area is 123 Å². The number of carbonyl (C=O) groups is 2. The van der Waals surface area contributed by atoms with E-state index < -0.39 is 5.97 Å². The van der Waals surface area contributed by atoms with Gasteiger partial charge in [0.15, 0.2) is 0 Å². The molecule has 1 fully saturated rings. The highest BCUT2D eigenvalue weighted by Gasteiger charge is 2.33. The van der Waals surface area contributed by atoms with E-state index in [1.807, 2.05) is 0 Å². The van der Waals surface area contributed by atoms with Crippen LogP contribution < -0.4 is 0 Å². The summed E-state index contributed by atoms with van der Waals surface area (Å²) < 4.78 is 12.9. The van der Waals surface area contributed by atoms with E-state index in [1.54, 1.807) is 24.0 Å². The monoisotopic (exact) mass is 293 g/mol. The van der Waals surface area contributed by atoms with Gasteiger partial charge in [0.25, 0.3) is 0 Å². The fraction of sp³-hybridized carbons (Fsp3) is 0.500. The first-order valence-electron chi connectivity index (χ1n) is 7.21. The number of aliphatic carboxylic acids is 1. The molecule has 4 nitrogen and oxygen atoms in total. The van der Waals surface area contributed by atoms with Crippen molar-refractivity contribution in [2.75, 3.05) is 0 Å². The predicted octanol–water partition coefficient (Wildman–Crippen LogP) is 2.82. The smallest absolute Gasteiger partial charge is 0.303 e. The second-order valence-electron chi connectivity index (χ2n) is 5.79. The van der Waals surface area contributed by atoms with Crippen LogP contribution >= 0.6 is 0 Å². The fourth-order valence-corrected chi connectivity index (χ4v) is 2.38. The van der Waals surface area contributed by atoms with Gasteiger partial charge in [0, 0.05) is 25.4 Å². The molecular weight excluding hydrogens is 273 g/mol. The van der Waals surface area contributed by atoms with Crippen LogP contribution in [0.5, 0.6) is 0 Å². The Kier molecular flexibility index (Phi) is 4.94. The van der Waals surface area contributed by atoms with Gasteiger partial charge in [-0.3, -0.25) is 9.59 Å². The number of hydrogen-bond donors (Lipinski definition) is 1. The van der Waals surface area contributed by atoms with E-state index >= 15 is 0 Å². The number of carboxylic acid groups (broad SMARTS) is 1. The molecule has 1 aliphatic rings. The van der Waals surface area contributed by atoms with Crippen LogP contribution in [0.15, 0.2) is 24.3 Å². The molecular formula is C16H20FNO3. The summed E-state index contributed by atoms with van der Waals surface area (Å²) in [5, 5.41) is 8.76. The minimum Gasteiger partial charge on any atom is -0.481 e. The first kappa shape index (κ1) is 15.5. The molecule has 21 heavy (non-hydrogen) atoms. The normalized spacial score (nSPS) is 15.5. The molecule has 5 heteroatoms. The summed E-state index contributed by atoms with van der Waals surface area (Å²) in [6.07, 6.45) is 2.21. The van der Waals surface area contributed by atoms with Gasteiger partial charge in [-0.05, 0) is 36.5 Å². The van der Waals surface area contributed by atoms with Gasteiger partial charge in [-0.25, -0.2) is 4.39 Å². The molecule has 0 heterocycles. The van der Waals surface area contributed by atoms with Crippen LogP contribution in [-0.2, 0) is 16.1 Å². The number of hydrogen-bond acceptors (Lipinski definition) is 2. The highest BCUT2D eigenvalue weighted by molar-refractivity contribution is 5.78. The maximum Gasteiger partial charge on any atom is 0.303 e. The first-order chi connectivity index (χ1) is 9.95. The Morgan fingerprint density at radius 2 is 1.90 bits per heavy atom. The molecule has 0 aromatic heterocycles.